The van der Waals surface area contributed by atoms with Crippen LogP contribution in [0.2, 0.25) is 0 Å². The molecule has 0 spiro atoms. The Morgan fingerprint density at radius 3 is 2.56 bits per heavy atom. The van der Waals surface area contributed by atoms with Crippen molar-refractivity contribution >= 4 is 21.0 Å². The molecule has 4 rings (SSSR count). The van der Waals surface area contributed by atoms with Crippen LogP contribution in [0.25, 0.3) is 11.0 Å². The molecule has 2 aromatic carbocycles. The van der Waals surface area contributed by atoms with Crippen LogP contribution in [0.5, 0.6) is 5.75 Å². The topological polar surface area (TPSA) is 92.3 Å². The smallest absolute Gasteiger partial charge is 0.336 e. The maximum atomic E-state index is 13.5. The van der Waals surface area contributed by atoms with E-state index < -0.39 is 21.5 Å². The van der Waals surface area contributed by atoms with Gasteiger partial charge in [-0.2, -0.15) is 4.31 Å². The van der Waals surface area contributed by atoms with Gasteiger partial charge in [0, 0.05) is 11.5 Å². The van der Waals surface area contributed by atoms with E-state index in [2.05, 4.69) is 0 Å². The number of quaternary nitrogens is 1. The number of aromatic hydroxyl groups is 1. The quantitative estimate of drug-likeness (QED) is 0.563. The van der Waals surface area contributed by atoms with Crippen molar-refractivity contribution in [2.24, 2.45) is 0 Å². The molecule has 170 valence electrons. The molecule has 0 atom stereocenters. The molecule has 32 heavy (non-hydrogen) atoms. The van der Waals surface area contributed by atoms with Gasteiger partial charge in [0.1, 0.15) is 18.1 Å². The van der Waals surface area contributed by atoms with Gasteiger partial charge in [0.2, 0.25) is 10.0 Å². The molecule has 1 aliphatic rings. The van der Waals surface area contributed by atoms with Crippen LogP contribution in [0.15, 0.2) is 50.5 Å². The molecular weight excluding hydrogens is 435 g/mol. The first kappa shape index (κ1) is 22.4. The number of fused-ring (bicyclic) bond motifs is 1. The second kappa shape index (κ2) is 8.65. The average Bonchev–Trinajstić information content (AvgIpc) is 2.76. The minimum Gasteiger partial charge on any atom is -0.507 e. The predicted molar refractivity (Wildman–Crippen MR) is 118 cm³/mol. The van der Waals surface area contributed by atoms with Crippen LogP contribution in [-0.2, 0) is 23.0 Å². The first-order valence-corrected chi connectivity index (χ1v) is 12.0. The van der Waals surface area contributed by atoms with E-state index in [1.807, 2.05) is 19.9 Å². The summed E-state index contributed by atoms with van der Waals surface area (Å²) in [4.78, 5) is 13.0. The normalized spacial score (nSPS) is 16.0. The lowest BCUT2D eigenvalue weighted by atomic mass is 9.99. The van der Waals surface area contributed by atoms with Crippen molar-refractivity contribution in [1.82, 2.24) is 4.31 Å². The highest BCUT2D eigenvalue weighted by atomic mass is 32.2. The van der Waals surface area contributed by atoms with Crippen LogP contribution in [0.4, 0.5) is 4.39 Å². The Labute approximate surface area is 185 Å². The number of hydrogen-bond acceptors (Lipinski definition) is 5. The Balaban J connectivity index is 1.58. The van der Waals surface area contributed by atoms with Crippen LogP contribution in [0.1, 0.15) is 23.6 Å². The molecule has 0 aliphatic carbocycles. The Bertz CT molecular complexity index is 1330. The summed E-state index contributed by atoms with van der Waals surface area (Å²) in [6.45, 7) is 5.72. The van der Waals surface area contributed by atoms with Crippen molar-refractivity contribution < 1.29 is 27.2 Å². The number of hydrogen-bond donors (Lipinski definition) is 2. The van der Waals surface area contributed by atoms with Gasteiger partial charge in [0.25, 0.3) is 0 Å². The molecule has 7 nitrogen and oxygen atoms in total. The van der Waals surface area contributed by atoms with E-state index in [0.29, 0.717) is 37.2 Å². The molecule has 0 radical (unpaired) electrons. The van der Waals surface area contributed by atoms with E-state index in [9.17, 15) is 22.7 Å². The second-order valence-corrected chi connectivity index (χ2v) is 10.1. The number of halogens is 1. The maximum absolute atomic E-state index is 13.5. The minimum absolute atomic E-state index is 0.0579. The summed E-state index contributed by atoms with van der Waals surface area (Å²) in [5.74, 6) is -0.471. The molecule has 2 N–H and O–H groups in total. The van der Waals surface area contributed by atoms with Crippen LogP contribution < -0.4 is 10.5 Å². The van der Waals surface area contributed by atoms with Crippen molar-refractivity contribution in [2.75, 3.05) is 26.2 Å². The van der Waals surface area contributed by atoms with Crippen molar-refractivity contribution in [1.29, 1.82) is 0 Å². The van der Waals surface area contributed by atoms with E-state index in [-0.39, 0.29) is 23.7 Å². The molecule has 0 bridgehead atoms. The molecule has 3 aromatic rings. The van der Waals surface area contributed by atoms with Gasteiger partial charge in [-0.1, -0.05) is 13.0 Å². The molecule has 1 aromatic heterocycles. The van der Waals surface area contributed by atoms with E-state index >= 15 is 0 Å². The largest absolute Gasteiger partial charge is 0.507 e. The molecule has 1 aliphatic heterocycles. The van der Waals surface area contributed by atoms with Gasteiger partial charge < -0.3 is 14.4 Å². The van der Waals surface area contributed by atoms with Crippen LogP contribution in [-0.4, -0.2) is 44.0 Å². The molecule has 0 unspecified atom stereocenters. The predicted octanol–water partition coefficient (Wildman–Crippen LogP) is 1.60. The van der Waals surface area contributed by atoms with E-state index in [4.69, 9.17) is 4.42 Å². The van der Waals surface area contributed by atoms with Gasteiger partial charge in [-0.05, 0) is 48.7 Å². The van der Waals surface area contributed by atoms with E-state index in [1.54, 1.807) is 0 Å². The lowest BCUT2D eigenvalue weighted by Crippen LogP contribution is -3.13. The number of phenolic OH excluding ortho intramolecular Hbond substituents is 1. The van der Waals surface area contributed by atoms with Crippen molar-refractivity contribution in [2.45, 2.75) is 31.7 Å². The van der Waals surface area contributed by atoms with Gasteiger partial charge in [-0.25, -0.2) is 17.6 Å². The number of phenols is 1. The van der Waals surface area contributed by atoms with Gasteiger partial charge in [0.05, 0.1) is 36.6 Å². The third-order valence-corrected chi connectivity index (χ3v) is 7.95. The SMILES string of the molecule is CCc1cc2c(C)cc(=O)oc2c(C[NH+]2CCN(S(=O)(=O)c3cccc(F)c3)CC2)c1O. The molecule has 0 amide bonds. The number of nitrogens with zero attached hydrogens (tertiary/aromatic N) is 1. The zero-order chi connectivity index (χ0) is 23.0. The molecule has 2 heterocycles. The van der Waals surface area contributed by atoms with Gasteiger partial charge >= 0.3 is 5.63 Å². The first-order valence-electron chi connectivity index (χ1n) is 10.6. The fourth-order valence-corrected chi connectivity index (χ4v) is 5.72. The third kappa shape index (κ3) is 4.15. The fraction of sp³-hybridized carbons (Fsp3) is 0.348. The van der Waals surface area contributed by atoms with E-state index in [1.165, 1.54) is 28.6 Å². The summed E-state index contributed by atoms with van der Waals surface area (Å²) in [7, 11) is -3.77. The number of benzene rings is 2. The fourth-order valence-electron chi connectivity index (χ4n) is 4.25. The Morgan fingerprint density at radius 2 is 1.91 bits per heavy atom. The van der Waals surface area contributed by atoms with Crippen molar-refractivity contribution in [3.8, 4) is 5.75 Å². The monoisotopic (exact) mass is 461 g/mol. The summed E-state index contributed by atoms with van der Waals surface area (Å²) in [5.41, 5.74) is 2.04. The molecule has 0 saturated carbocycles. The number of nitrogens with one attached hydrogen (secondary N) is 1. The minimum atomic E-state index is -3.77. The van der Waals surface area contributed by atoms with Gasteiger partial charge in [-0.3, -0.25) is 0 Å². The number of rotatable bonds is 5. The Kier molecular flexibility index (Phi) is 6.07. The van der Waals surface area contributed by atoms with E-state index in [0.717, 1.165) is 27.5 Å². The first-order chi connectivity index (χ1) is 15.2. The second-order valence-electron chi connectivity index (χ2n) is 8.13. The summed E-state index contributed by atoms with van der Waals surface area (Å²) < 4.78 is 46.0. The Morgan fingerprint density at radius 1 is 1.19 bits per heavy atom. The summed E-state index contributed by atoms with van der Waals surface area (Å²) in [6, 6.07) is 8.30. The van der Waals surface area contributed by atoms with Crippen LogP contribution in [0.3, 0.4) is 0 Å². The van der Waals surface area contributed by atoms with Gasteiger partial charge in [0.15, 0.2) is 5.58 Å². The van der Waals surface area contributed by atoms with Crippen molar-refractivity contribution in [3.05, 3.63) is 69.3 Å². The summed E-state index contributed by atoms with van der Waals surface area (Å²) in [6.07, 6.45) is 0.627. The lowest BCUT2D eigenvalue weighted by Gasteiger charge is -2.31. The zero-order valence-electron chi connectivity index (χ0n) is 18.0. The summed E-state index contributed by atoms with van der Waals surface area (Å²) in [5, 5.41) is 11.6. The highest BCUT2D eigenvalue weighted by Gasteiger charge is 2.31. The number of sulfonamides is 1. The van der Waals surface area contributed by atoms with Crippen molar-refractivity contribution in [3.63, 3.8) is 0 Å². The molecular formula is C23H26FN2O5S+. The summed E-state index contributed by atoms with van der Waals surface area (Å²) >= 11 is 0. The standard InChI is InChI=1S/C23H25FN2O5S/c1-3-16-12-19-15(2)11-21(27)31-23(19)20(22(16)28)14-25-7-9-26(10-8-25)32(29,30)18-6-4-5-17(24)13-18/h4-6,11-13,28H,3,7-10,14H2,1-2H3/p+1. The molecule has 1 fully saturated rings. The maximum Gasteiger partial charge on any atom is 0.336 e. The highest BCUT2D eigenvalue weighted by molar-refractivity contribution is 7.89. The Hall–Kier alpha value is -2.75. The van der Waals surface area contributed by atoms with Crippen LogP contribution in [0, 0.1) is 12.7 Å². The lowest BCUT2D eigenvalue weighted by molar-refractivity contribution is -0.917. The van der Waals surface area contributed by atoms with Crippen LogP contribution >= 0.6 is 0 Å². The molecule has 9 heteroatoms. The highest BCUT2D eigenvalue weighted by Crippen LogP contribution is 2.32. The number of piperazine rings is 1. The average molecular weight is 462 g/mol. The number of aryl methyl sites for hydroxylation is 2. The zero-order valence-corrected chi connectivity index (χ0v) is 18.8. The molecule has 1 saturated heterocycles. The third-order valence-electron chi connectivity index (χ3n) is 6.06. The van der Waals surface area contributed by atoms with Gasteiger partial charge in [-0.15, -0.1) is 0 Å².